The molecule has 0 amide bonds. The van der Waals surface area contributed by atoms with Gasteiger partial charge in [0.25, 0.3) is 0 Å². The number of piperidine rings is 1. The summed E-state index contributed by atoms with van der Waals surface area (Å²) in [7, 11) is 2.97. The predicted molar refractivity (Wildman–Crippen MR) is 186 cm³/mol. The molecule has 9 atom stereocenters. The van der Waals surface area contributed by atoms with Crippen molar-refractivity contribution in [2.24, 2.45) is 5.92 Å². The molecule has 2 fully saturated rings. The van der Waals surface area contributed by atoms with Crippen LogP contribution in [-0.2, 0) is 9.53 Å². The summed E-state index contributed by atoms with van der Waals surface area (Å²) < 4.78 is 36.4. The molecule has 0 unspecified atom stereocenters. The highest BCUT2D eigenvalue weighted by molar-refractivity contribution is 5.81. The Hall–Kier alpha value is -4.39. The van der Waals surface area contributed by atoms with Crippen molar-refractivity contribution in [1.29, 1.82) is 0 Å². The molecule has 2 saturated heterocycles. The minimum atomic E-state index is -2.52. The number of nitrogens with one attached hydrogen (secondary N) is 3. The van der Waals surface area contributed by atoms with E-state index in [0.29, 0.717) is 45.4 Å². The molecule has 16 heteroatoms. The zero-order chi connectivity index (χ0) is 37.8. The van der Waals surface area contributed by atoms with Gasteiger partial charge in [0.1, 0.15) is 36.2 Å². The number of hydrogen-bond acceptors (Lipinski definition) is 15. The normalized spacial score (nSPS) is 31.1. The van der Waals surface area contributed by atoms with Crippen molar-refractivity contribution in [3.05, 3.63) is 59.7 Å². The first-order chi connectivity index (χ1) is 25.3. The number of carboxylic acids is 1. The number of aliphatic carboxylic acids is 1. The second-order valence-electron chi connectivity index (χ2n) is 14.1. The highest BCUT2D eigenvalue weighted by atomic mass is 16.7. The van der Waals surface area contributed by atoms with Crippen molar-refractivity contribution in [1.82, 2.24) is 16.0 Å². The summed E-state index contributed by atoms with van der Waals surface area (Å²) in [5.41, 5.74) is -2.89. The number of methoxy groups -OCH3 is 1. The lowest BCUT2D eigenvalue weighted by Gasteiger charge is -2.58. The van der Waals surface area contributed by atoms with Gasteiger partial charge in [-0.15, -0.1) is 0 Å². The molecule has 0 spiro atoms. The third-order valence-corrected chi connectivity index (χ3v) is 10.5. The van der Waals surface area contributed by atoms with Crippen molar-refractivity contribution in [3.63, 3.8) is 0 Å². The lowest BCUT2D eigenvalue weighted by atomic mass is 9.74. The maximum Gasteiger partial charge on any atom is 0.340 e. The first-order valence-corrected chi connectivity index (χ1v) is 17.5. The number of fused-ring (bicyclic) bond motifs is 7. The van der Waals surface area contributed by atoms with Crippen LogP contribution in [-0.4, -0.2) is 113 Å². The highest BCUT2D eigenvalue weighted by Crippen LogP contribution is 2.59. The number of carboxylic acid groups (broad SMARTS) is 1. The molecule has 4 aliphatic heterocycles. The smallest absolute Gasteiger partial charge is 0.340 e. The summed E-state index contributed by atoms with van der Waals surface area (Å²) in [6.45, 7) is 5.14. The van der Waals surface area contributed by atoms with Crippen LogP contribution in [0.4, 0.5) is 0 Å². The van der Waals surface area contributed by atoms with Crippen LogP contribution < -0.4 is 39.6 Å². The van der Waals surface area contributed by atoms with Crippen LogP contribution in [0.1, 0.15) is 43.4 Å². The van der Waals surface area contributed by atoms with Crippen LogP contribution in [0.25, 0.3) is 11.1 Å². The molecule has 0 saturated carbocycles. The predicted octanol–water partition coefficient (Wildman–Crippen LogP) is 1.13. The van der Waals surface area contributed by atoms with Gasteiger partial charge in [-0.2, -0.15) is 0 Å². The minimum absolute atomic E-state index is 0.0230. The van der Waals surface area contributed by atoms with E-state index in [1.165, 1.54) is 32.4 Å². The first-order valence-electron chi connectivity index (χ1n) is 17.5. The average Bonchev–Trinajstić information content (AvgIpc) is 3.52. The van der Waals surface area contributed by atoms with E-state index in [-0.39, 0.29) is 30.5 Å². The number of benzene rings is 3. The summed E-state index contributed by atoms with van der Waals surface area (Å²) in [5.74, 6) is -0.568. The number of rotatable bonds is 12. The molecule has 9 N–H and O–H groups in total. The summed E-state index contributed by atoms with van der Waals surface area (Å²) in [6, 6.07) is 11.8. The van der Waals surface area contributed by atoms with Crippen LogP contribution in [0, 0.1) is 5.92 Å². The van der Waals surface area contributed by atoms with Gasteiger partial charge in [-0.1, -0.05) is 32.0 Å². The minimum Gasteiger partial charge on any atom is -0.508 e. The van der Waals surface area contributed by atoms with E-state index in [1.54, 1.807) is 30.3 Å². The Kier molecular flexibility index (Phi) is 9.84. The topological polar surface area (TPSA) is 230 Å². The number of aliphatic hydroxyl groups is 4. The molecule has 2 bridgehead atoms. The summed E-state index contributed by atoms with van der Waals surface area (Å²) in [6.07, 6.45) is -7.15. The Morgan fingerprint density at radius 3 is 2.60 bits per heavy atom. The van der Waals surface area contributed by atoms with Crippen molar-refractivity contribution < 1.29 is 63.9 Å². The fourth-order valence-electron chi connectivity index (χ4n) is 7.69. The Morgan fingerprint density at radius 1 is 1.11 bits per heavy atom. The second kappa shape index (κ2) is 14.1. The molecule has 4 heterocycles. The maximum atomic E-state index is 12.7. The number of aromatic hydroxyl groups is 1. The molecule has 53 heavy (non-hydrogen) atoms. The van der Waals surface area contributed by atoms with Crippen LogP contribution in [0.15, 0.2) is 48.5 Å². The SMILES string of the molecule is CN[C@@H]1CN[C@]2(O)[C@@H](O)[C@@H](Oc3cc4c(c(-c5cccc(O)c5)c3)[C@H]3Oc5c(ccc(OCNCCC(C)C)c5OC)[C@@H]3[C@H](O)O4)O[C@]1(C(=O)O)[C@H]2O. The van der Waals surface area contributed by atoms with E-state index < -0.39 is 60.1 Å². The number of carbonyl (C=O) groups is 1. The first kappa shape index (κ1) is 36.9. The van der Waals surface area contributed by atoms with Gasteiger partial charge in [0.15, 0.2) is 23.3 Å². The zero-order valence-corrected chi connectivity index (χ0v) is 29.6. The molecule has 0 aliphatic carbocycles. The fourth-order valence-corrected chi connectivity index (χ4v) is 7.69. The average molecular weight is 740 g/mol. The number of phenols is 1. The Labute approximate surface area is 305 Å². The molecule has 16 nitrogen and oxygen atoms in total. The molecule has 0 radical (unpaired) electrons. The third-order valence-electron chi connectivity index (χ3n) is 10.5. The third kappa shape index (κ3) is 6.08. The number of hydrogen-bond donors (Lipinski definition) is 9. The molecule has 3 aromatic rings. The lowest BCUT2D eigenvalue weighted by Crippen LogP contribution is -2.87. The zero-order valence-electron chi connectivity index (χ0n) is 29.6. The molecule has 7 rings (SSSR count). The molecule has 4 aliphatic rings. The standard InChI is InChI=1S/C37H45N3O13/c1-17(2)10-11-39-16-49-23-9-8-21-27-30(52-28(21)29(23)48-4)26-22(18-6-5-7-19(41)12-18)13-20(14-24(26)51-32(27)43)50-33-31(42)37(47)34(44)36(53-33,35(45)46)25(38-3)15-40-37/h5-9,12-14,17,25,27,30-34,38-44,47H,10-11,15-16H2,1-4H3,(H,45,46)/t25-,27+,30-,31+,32-,33+,34-,36+,37+/m1/s1. The van der Waals surface area contributed by atoms with Crippen LogP contribution in [0.2, 0.25) is 0 Å². The van der Waals surface area contributed by atoms with Crippen LogP contribution in [0.5, 0.6) is 34.5 Å². The van der Waals surface area contributed by atoms with Gasteiger partial charge < -0.3 is 64.4 Å². The van der Waals surface area contributed by atoms with Gasteiger partial charge in [-0.3, -0.25) is 10.6 Å². The Balaban J connectivity index is 1.26. The van der Waals surface area contributed by atoms with Crippen LogP contribution >= 0.6 is 0 Å². The van der Waals surface area contributed by atoms with Crippen molar-refractivity contribution >= 4 is 5.97 Å². The van der Waals surface area contributed by atoms with Gasteiger partial charge in [-0.05, 0) is 61.3 Å². The molecule has 286 valence electrons. The van der Waals surface area contributed by atoms with E-state index in [4.69, 9.17) is 28.4 Å². The largest absolute Gasteiger partial charge is 0.508 e. The fraction of sp³-hybridized carbons (Fsp3) is 0.486. The monoisotopic (exact) mass is 739 g/mol. The second-order valence-corrected chi connectivity index (χ2v) is 14.1. The summed E-state index contributed by atoms with van der Waals surface area (Å²) in [5, 5.41) is 74.6. The van der Waals surface area contributed by atoms with E-state index >= 15 is 0 Å². The van der Waals surface area contributed by atoms with E-state index in [9.17, 15) is 35.4 Å². The molecular formula is C37H45N3O13. The summed E-state index contributed by atoms with van der Waals surface area (Å²) in [4.78, 5) is 12.7. The van der Waals surface area contributed by atoms with E-state index in [0.717, 1.165) is 13.0 Å². The number of ether oxygens (including phenoxy) is 6. The maximum absolute atomic E-state index is 12.7. The van der Waals surface area contributed by atoms with Gasteiger partial charge in [0, 0.05) is 23.7 Å². The van der Waals surface area contributed by atoms with Crippen molar-refractivity contribution in [2.45, 2.75) is 74.4 Å². The number of likely N-dealkylation sites (N-methyl/N-ethyl adjacent to an activating group) is 1. The number of aliphatic hydroxyl groups excluding tert-OH is 3. The van der Waals surface area contributed by atoms with E-state index in [1.807, 2.05) is 0 Å². The Morgan fingerprint density at radius 2 is 1.91 bits per heavy atom. The van der Waals surface area contributed by atoms with Gasteiger partial charge >= 0.3 is 5.97 Å². The molecular weight excluding hydrogens is 694 g/mol. The van der Waals surface area contributed by atoms with Gasteiger partial charge in [-0.25, -0.2) is 4.79 Å². The van der Waals surface area contributed by atoms with Crippen molar-refractivity contribution in [2.75, 3.05) is 34.0 Å². The molecule has 0 aromatic heterocycles. The van der Waals surface area contributed by atoms with Gasteiger partial charge in [0.05, 0.1) is 19.1 Å². The highest BCUT2D eigenvalue weighted by Gasteiger charge is 2.71. The summed E-state index contributed by atoms with van der Waals surface area (Å²) >= 11 is 0. The Bertz CT molecular complexity index is 1860. The lowest BCUT2D eigenvalue weighted by molar-refractivity contribution is -0.362. The van der Waals surface area contributed by atoms with Crippen LogP contribution in [0.3, 0.4) is 0 Å². The molecule has 3 aromatic carbocycles. The van der Waals surface area contributed by atoms with E-state index in [2.05, 4.69) is 29.8 Å². The quantitative estimate of drug-likeness (QED) is 0.0937. The van der Waals surface area contributed by atoms with Gasteiger partial charge in [0.2, 0.25) is 23.9 Å². The number of phenolic OH excluding ortho intramolecular Hbond substituents is 1. The van der Waals surface area contributed by atoms with Crippen molar-refractivity contribution in [3.8, 4) is 45.6 Å².